The standard InChI is InChI=1S/C17H26N2/c1-12(2)16-6-4-5-7-17(16)19-14-8-9-15(19)11-13(10-14)18-3/h4-7,12-15,18H,8-11H2,1-3H3. The lowest BCUT2D eigenvalue weighted by atomic mass is 9.93. The van der Waals surface area contributed by atoms with Crippen molar-refractivity contribution in [2.24, 2.45) is 0 Å². The summed E-state index contributed by atoms with van der Waals surface area (Å²) in [7, 11) is 2.11. The van der Waals surface area contributed by atoms with E-state index in [9.17, 15) is 0 Å². The summed E-state index contributed by atoms with van der Waals surface area (Å²) in [6.45, 7) is 4.61. The molecule has 2 unspecified atom stereocenters. The molecule has 0 saturated carbocycles. The Bertz CT molecular complexity index is 427. The van der Waals surface area contributed by atoms with Crippen LogP contribution >= 0.6 is 0 Å². The molecule has 2 aliphatic rings. The van der Waals surface area contributed by atoms with Crippen molar-refractivity contribution in [3.8, 4) is 0 Å². The van der Waals surface area contributed by atoms with E-state index in [-0.39, 0.29) is 0 Å². The third-order valence-corrected chi connectivity index (χ3v) is 4.98. The molecule has 2 bridgehead atoms. The van der Waals surface area contributed by atoms with Crippen LogP contribution in [0.2, 0.25) is 0 Å². The minimum Gasteiger partial charge on any atom is -0.365 e. The highest BCUT2D eigenvalue weighted by molar-refractivity contribution is 5.58. The number of anilines is 1. The van der Waals surface area contributed by atoms with Gasteiger partial charge in [-0.25, -0.2) is 0 Å². The summed E-state index contributed by atoms with van der Waals surface area (Å²) in [4.78, 5) is 2.74. The van der Waals surface area contributed by atoms with Gasteiger partial charge in [-0.3, -0.25) is 0 Å². The molecule has 0 spiro atoms. The van der Waals surface area contributed by atoms with Crippen LogP contribution in [0.3, 0.4) is 0 Å². The maximum atomic E-state index is 3.49. The van der Waals surface area contributed by atoms with Crippen LogP contribution in [0.25, 0.3) is 0 Å². The maximum Gasteiger partial charge on any atom is 0.0406 e. The number of nitrogens with zero attached hydrogens (tertiary/aromatic N) is 1. The molecule has 0 aliphatic carbocycles. The van der Waals surface area contributed by atoms with Gasteiger partial charge in [0.05, 0.1) is 0 Å². The Hall–Kier alpha value is -1.02. The van der Waals surface area contributed by atoms with Crippen LogP contribution in [0.15, 0.2) is 24.3 Å². The van der Waals surface area contributed by atoms with Gasteiger partial charge in [-0.05, 0) is 50.3 Å². The van der Waals surface area contributed by atoms with Crippen molar-refractivity contribution in [3.05, 3.63) is 29.8 Å². The van der Waals surface area contributed by atoms with Gasteiger partial charge in [0.25, 0.3) is 0 Å². The average Bonchev–Trinajstić information content (AvgIpc) is 2.68. The molecule has 2 saturated heterocycles. The topological polar surface area (TPSA) is 15.3 Å². The van der Waals surface area contributed by atoms with Crippen molar-refractivity contribution >= 4 is 5.69 Å². The SMILES string of the molecule is CNC1CC2CCC(C1)N2c1ccccc1C(C)C. The predicted molar refractivity (Wildman–Crippen MR) is 81.9 cm³/mol. The molecule has 2 aliphatic heterocycles. The minimum atomic E-state index is 0.609. The van der Waals surface area contributed by atoms with Crippen LogP contribution in [0.4, 0.5) is 5.69 Å². The van der Waals surface area contributed by atoms with Crippen molar-refractivity contribution in [3.63, 3.8) is 0 Å². The first-order chi connectivity index (χ1) is 9.20. The van der Waals surface area contributed by atoms with Gasteiger partial charge in [0.1, 0.15) is 0 Å². The molecule has 2 heteroatoms. The fourth-order valence-corrected chi connectivity index (χ4v) is 4.02. The number of fused-ring (bicyclic) bond motifs is 2. The lowest BCUT2D eigenvalue weighted by Crippen LogP contribution is -2.48. The number of hydrogen-bond acceptors (Lipinski definition) is 2. The van der Waals surface area contributed by atoms with Crippen LogP contribution in [-0.2, 0) is 0 Å². The molecule has 0 amide bonds. The van der Waals surface area contributed by atoms with Crippen LogP contribution in [0.5, 0.6) is 0 Å². The van der Waals surface area contributed by atoms with Gasteiger partial charge in [-0.1, -0.05) is 32.0 Å². The van der Waals surface area contributed by atoms with Crippen molar-refractivity contribution < 1.29 is 0 Å². The lowest BCUT2D eigenvalue weighted by Gasteiger charge is -2.41. The molecule has 1 aromatic carbocycles. The second-order valence-corrected chi connectivity index (χ2v) is 6.46. The first kappa shape index (κ1) is 13.0. The highest BCUT2D eigenvalue weighted by atomic mass is 15.2. The van der Waals surface area contributed by atoms with E-state index >= 15 is 0 Å². The van der Waals surface area contributed by atoms with Crippen molar-refractivity contribution in [1.82, 2.24) is 5.32 Å². The monoisotopic (exact) mass is 258 g/mol. The van der Waals surface area contributed by atoms with E-state index < -0.39 is 0 Å². The zero-order chi connectivity index (χ0) is 13.4. The van der Waals surface area contributed by atoms with Gasteiger partial charge in [-0.15, -0.1) is 0 Å². The molecule has 2 fully saturated rings. The Morgan fingerprint density at radius 2 is 1.74 bits per heavy atom. The van der Waals surface area contributed by atoms with Gasteiger partial charge in [0, 0.05) is 23.8 Å². The molecule has 19 heavy (non-hydrogen) atoms. The van der Waals surface area contributed by atoms with Gasteiger partial charge >= 0.3 is 0 Å². The van der Waals surface area contributed by atoms with E-state index in [0.717, 1.165) is 18.1 Å². The summed E-state index contributed by atoms with van der Waals surface area (Å²) >= 11 is 0. The van der Waals surface area contributed by atoms with Crippen LogP contribution in [0, 0.1) is 0 Å². The van der Waals surface area contributed by atoms with Crippen molar-refractivity contribution in [1.29, 1.82) is 0 Å². The van der Waals surface area contributed by atoms with Gasteiger partial charge in [0.15, 0.2) is 0 Å². The fourth-order valence-electron chi connectivity index (χ4n) is 4.02. The average molecular weight is 258 g/mol. The molecule has 0 aromatic heterocycles. The molecule has 1 N–H and O–H groups in total. The Labute approximate surface area is 117 Å². The summed E-state index contributed by atoms with van der Waals surface area (Å²) in [5.74, 6) is 0.609. The summed E-state index contributed by atoms with van der Waals surface area (Å²) in [5, 5.41) is 3.49. The van der Waals surface area contributed by atoms with Crippen LogP contribution in [-0.4, -0.2) is 25.2 Å². The summed E-state index contributed by atoms with van der Waals surface area (Å²) < 4.78 is 0. The molecule has 2 nitrogen and oxygen atoms in total. The van der Waals surface area contributed by atoms with Crippen LogP contribution < -0.4 is 10.2 Å². The minimum absolute atomic E-state index is 0.609. The van der Waals surface area contributed by atoms with Crippen molar-refractivity contribution in [2.45, 2.75) is 63.6 Å². The fraction of sp³-hybridized carbons (Fsp3) is 0.647. The molecule has 2 heterocycles. The molecular formula is C17H26N2. The van der Waals surface area contributed by atoms with Crippen LogP contribution in [0.1, 0.15) is 51.0 Å². The van der Waals surface area contributed by atoms with Crippen molar-refractivity contribution in [2.75, 3.05) is 11.9 Å². The van der Waals surface area contributed by atoms with Gasteiger partial charge in [0.2, 0.25) is 0 Å². The lowest BCUT2D eigenvalue weighted by molar-refractivity contribution is 0.373. The van der Waals surface area contributed by atoms with E-state index in [1.807, 2.05) is 0 Å². The number of benzene rings is 1. The molecule has 1 aromatic rings. The predicted octanol–water partition coefficient (Wildman–Crippen LogP) is 3.53. The highest BCUT2D eigenvalue weighted by Crippen LogP contribution is 2.41. The van der Waals surface area contributed by atoms with E-state index in [1.165, 1.54) is 36.9 Å². The second-order valence-electron chi connectivity index (χ2n) is 6.46. The number of hydrogen-bond donors (Lipinski definition) is 1. The molecule has 3 rings (SSSR count). The Balaban J connectivity index is 1.92. The molecule has 104 valence electrons. The van der Waals surface area contributed by atoms with E-state index in [2.05, 4.69) is 55.4 Å². The third-order valence-electron chi connectivity index (χ3n) is 4.98. The van der Waals surface area contributed by atoms with E-state index in [1.54, 1.807) is 0 Å². The quantitative estimate of drug-likeness (QED) is 0.892. The summed E-state index contributed by atoms with van der Waals surface area (Å²) in [6.07, 6.45) is 5.35. The normalized spacial score (nSPS) is 30.1. The number of rotatable bonds is 3. The summed E-state index contributed by atoms with van der Waals surface area (Å²) in [5.41, 5.74) is 3.02. The molecule has 2 atom stereocenters. The maximum absolute atomic E-state index is 3.49. The Morgan fingerprint density at radius 3 is 2.32 bits per heavy atom. The smallest absolute Gasteiger partial charge is 0.0406 e. The largest absolute Gasteiger partial charge is 0.365 e. The Morgan fingerprint density at radius 1 is 1.11 bits per heavy atom. The first-order valence-corrected chi connectivity index (χ1v) is 7.75. The van der Waals surface area contributed by atoms with Gasteiger partial charge < -0.3 is 10.2 Å². The van der Waals surface area contributed by atoms with Gasteiger partial charge in [-0.2, -0.15) is 0 Å². The zero-order valence-corrected chi connectivity index (χ0v) is 12.4. The third kappa shape index (κ3) is 2.27. The summed E-state index contributed by atoms with van der Waals surface area (Å²) in [6, 6.07) is 11.2. The first-order valence-electron chi connectivity index (χ1n) is 7.75. The van der Waals surface area contributed by atoms with E-state index in [4.69, 9.17) is 0 Å². The number of nitrogens with one attached hydrogen (secondary N) is 1. The Kier molecular flexibility index (Phi) is 3.53. The zero-order valence-electron chi connectivity index (χ0n) is 12.4. The number of para-hydroxylation sites is 1. The van der Waals surface area contributed by atoms with E-state index in [0.29, 0.717) is 5.92 Å². The number of piperidine rings is 1. The molecular weight excluding hydrogens is 232 g/mol. The second kappa shape index (κ2) is 5.16. The molecule has 0 radical (unpaired) electrons. The highest BCUT2D eigenvalue weighted by Gasteiger charge is 2.40.